The number of unbranched alkanes of at least 4 members (excludes halogenated alkanes) is 4. The number of rotatable bonds is 12. The Bertz CT molecular complexity index is 1640. The number of ketones is 2. The number of hydrogen-bond donors (Lipinski definition) is 2. The van der Waals surface area contributed by atoms with Gasteiger partial charge in [-0.1, -0.05) is 88.1 Å². The number of carbonyl (C=O) groups excluding carboxylic acids is 3. The van der Waals surface area contributed by atoms with Crippen LogP contribution in [0.4, 0.5) is 17.1 Å². The van der Waals surface area contributed by atoms with Gasteiger partial charge in [-0.2, -0.15) is 0 Å². The summed E-state index contributed by atoms with van der Waals surface area (Å²) in [7, 11) is 0. The van der Waals surface area contributed by atoms with E-state index in [1.54, 1.807) is 36.4 Å². The molecule has 0 spiro atoms. The molecule has 0 aliphatic heterocycles. The standard InChI is InChI=1S/C37H38N2O4/c1-3-5-7-8-12-25-15-19-26(20-16-25)39-31-23-30(37(42)43-27-21-17-24(18-22-27)11-6-4-2)34(38)33-32(31)35(40)28-13-9-10-14-29(28)36(33)41/h9-10,13-23,39H,3-8,11-12,38H2,1-2H3. The second-order valence-corrected chi connectivity index (χ2v) is 11.1. The van der Waals surface area contributed by atoms with E-state index in [0.717, 1.165) is 43.4 Å². The smallest absolute Gasteiger partial charge is 0.345 e. The Hall–Kier alpha value is -4.71. The minimum absolute atomic E-state index is 0.0168. The molecule has 4 aromatic rings. The Morgan fingerprint density at radius 1 is 0.721 bits per heavy atom. The third-order valence-corrected chi connectivity index (χ3v) is 7.96. The Balaban J connectivity index is 1.49. The summed E-state index contributed by atoms with van der Waals surface area (Å²) in [6, 6.07) is 23.6. The summed E-state index contributed by atoms with van der Waals surface area (Å²) >= 11 is 0. The Kier molecular flexibility index (Phi) is 9.35. The average molecular weight is 575 g/mol. The molecule has 5 rings (SSSR count). The molecule has 1 aliphatic rings. The molecule has 1 aliphatic carbocycles. The van der Waals surface area contributed by atoms with Gasteiger partial charge in [0.15, 0.2) is 11.6 Å². The van der Waals surface area contributed by atoms with Crippen LogP contribution in [0.2, 0.25) is 0 Å². The number of nitrogens with one attached hydrogen (secondary N) is 1. The van der Waals surface area contributed by atoms with Crippen molar-refractivity contribution in [2.24, 2.45) is 0 Å². The van der Waals surface area contributed by atoms with Crippen molar-refractivity contribution < 1.29 is 19.1 Å². The summed E-state index contributed by atoms with van der Waals surface area (Å²) < 4.78 is 5.70. The molecule has 0 unspecified atom stereocenters. The van der Waals surface area contributed by atoms with E-state index in [2.05, 4.69) is 31.3 Å². The maximum absolute atomic E-state index is 13.8. The second kappa shape index (κ2) is 13.5. The maximum Gasteiger partial charge on any atom is 0.345 e. The van der Waals surface area contributed by atoms with Crippen LogP contribution in [0.3, 0.4) is 0 Å². The lowest BCUT2D eigenvalue weighted by atomic mass is 9.81. The van der Waals surface area contributed by atoms with Gasteiger partial charge >= 0.3 is 5.97 Å². The van der Waals surface area contributed by atoms with E-state index in [9.17, 15) is 14.4 Å². The molecular weight excluding hydrogens is 536 g/mol. The summed E-state index contributed by atoms with van der Waals surface area (Å²) in [4.78, 5) is 41.0. The third-order valence-electron chi connectivity index (χ3n) is 7.96. The predicted molar refractivity (Wildman–Crippen MR) is 172 cm³/mol. The van der Waals surface area contributed by atoms with Gasteiger partial charge in [0, 0.05) is 16.8 Å². The van der Waals surface area contributed by atoms with Gasteiger partial charge in [0.05, 0.1) is 28.1 Å². The van der Waals surface area contributed by atoms with Crippen LogP contribution < -0.4 is 15.8 Å². The molecule has 0 saturated heterocycles. The van der Waals surface area contributed by atoms with Crippen LogP contribution in [-0.4, -0.2) is 17.5 Å². The predicted octanol–water partition coefficient (Wildman–Crippen LogP) is 8.47. The van der Waals surface area contributed by atoms with Crippen LogP contribution in [0.1, 0.15) is 106 Å². The topological polar surface area (TPSA) is 98.5 Å². The number of nitrogens with two attached hydrogens (primary N) is 1. The molecule has 0 atom stereocenters. The molecule has 0 radical (unpaired) electrons. The van der Waals surface area contributed by atoms with Crippen LogP contribution in [0.25, 0.3) is 0 Å². The monoisotopic (exact) mass is 574 g/mol. The van der Waals surface area contributed by atoms with E-state index in [1.165, 1.54) is 30.9 Å². The van der Waals surface area contributed by atoms with E-state index in [0.29, 0.717) is 17.0 Å². The average Bonchev–Trinajstić information content (AvgIpc) is 3.03. The fraction of sp³-hybridized carbons (Fsp3) is 0.270. The van der Waals surface area contributed by atoms with Crippen molar-refractivity contribution in [2.75, 3.05) is 11.1 Å². The molecule has 0 amide bonds. The van der Waals surface area contributed by atoms with Gasteiger partial charge in [-0.3, -0.25) is 9.59 Å². The Morgan fingerprint density at radius 2 is 1.30 bits per heavy atom. The molecule has 6 nitrogen and oxygen atoms in total. The van der Waals surface area contributed by atoms with Crippen LogP contribution >= 0.6 is 0 Å². The second-order valence-electron chi connectivity index (χ2n) is 11.1. The third kappa shape index (κ3) is 6.54. The normalized spacial score (nSPS) is 12.0. The van der Waals surface area contributed by atoms with E-state index in [4.69, 9.17) is 10.5 Å². The highest BCUT2D eigenvalue weighted by Gasteiger charge is 2.36. The quantitative estimate of drug-likeness (QED) is 0.0671. The van der Waals surface area contributed by atoms with Crippen molar-refractivity contribution in [3.05, 3.63) is 118 Å². The fourth-order valence-electron chi connectivity index (χ4n) is 5.52. The highest BCUT2D eigenvalue weighted by atomic mass is 16.5. The van der Waals surface area contributed by atoms with Crippen molar-refractivity contribution in [3.63, 3.8) is 0 Å². The van der Waals surface area contributed by atoms with Gasteiger partial charge in [0.1, 0.15) is 5.75 Å². The highest BCUT2D eigenvalue weighted by molar-refractivity contribution is 6.32. The molecule has 6 heteroatoms. The molecule has 220 valence electrons. The van der Waals surface area contributed by atoms with Gasteiger partial charge in [-0.25, -0.2) is 4.79 Å². The lowest BCUT2D eigenvalue weighted by Crippen LogP contribution is -2.25. The van der Waals surface area contributed by atoms with E-state index >= 15 is 0 Å². The van der Waals surface area contributed by atoms with E-state index < -0.39 is 11.8 Å². The van der Waals surface area contributed by atoms with E-state index in [-0.39, 0.29) is 33.7 Å². The van der Waals surface area contributed by atoms with Gasteiger partial charge < -0.3 is 15.8 Å². The lowest BCUT2D eigenvalue weighted by Gasteiger charge is -2.24. The molecule has 0 bridgehead atoms. The molecule has 43 heavy (non-hydrogen) atoms. The molecule has 0 saturated carbocycles. The number of hydrogen-bond acceptors (Lipinski definition) is 6. The van der Waals surface area contributed by atoms with Crippen molar-refractivity contribution in [3.8, 4) is 5.75 Å². The van der Waals surface area contributed by atoms with Crippen LogP contribution in [0, 0.1) is 0 Å². The summed E-state index contributed by atoms with van der Waals surface area (Å²) in [6.45, 7) is 4.34. The zero-order valence-electron chi connectivity index (χ0n) is 24.9. The molecule has 4 aromatic carbocycles. The molecule has 0 aromatic heterocycles. The van der Waals surface area contributed by atoms with Crippen LogP contribution in [0.15, 0.2) is 78.9 Å². The van der Waals surface area contributed by atoms with Gasteiger partial charge in [0.2, 0.25) is 0 Å². The maximum atomic E-state index is 13.8. The van der Waals surface area contributed by atoms with Crippen LogP contribution in [-0.2, 0) is 12.8 Å². The number of fused-ring (bicyclic) bond motifs is 2. The number of anilines is 3. The zero-order chi connectivity index (χ0) is 30.3. The molecule has 0 heterocycles. The highest BCUT2D eigenvalue weighted by Crippen LogP contribution is 2.39. The first-order valence-corrected chi connectivity index (χ1v) is 15.2. The first kappa shape index (κ1) is 29.8. The SMILES string of the molecule is CCCCCCc1ccc(Nc2cc(C(=O)Oc3ccc(CCCC)cc3)c(N)c3c2C(=O)c2ccccc2C3=O)cc1. The van der Waals surface area contributed by atoms with E-state index in [1.807, 2.05) is 24.3 Å². The minimum Gasteiger partial charge on any atom is -0.423 e. The molecule has 3 N–H and O–H groups in total. The summed E-state index contributed by atoms with van der Waals surface area (Å²) in [5.74, 6) is -1.05. The largest absolute Gasteiger partial charge is 0.423 e. The summed E-state index contributed by atoms with van der Waals surface area (Å²) in [6.07, 6.45) is 8.89. The van der Waals surface area contributed by atoms with Crippen molar-refractivity contribution in [1.29, 1.82) is 0 Å². The number of carbonyl (C=O) groups is 3. The van der Waals surface area contributed by atoms with Crippen molar-refractivity contribution in [2.45, 2.75) is 65.2 Å². The van der Waals surface area contributed by atoms with Gasteiger partial charge in [0.25, 0.3) is 0 Å². The zero-order valence-corrected chi connectivity index (χ0v) is 24.9. The summed E-state index contributed by atoms with van der Waals surface area (Å²) in [5, 5.41) is 3.29. The number of ether oxygens (including phenoxy) is 1. The van der Waals surface area contributed by atoms with Crippen molar-refractivity contribution in [1.82, 2.24) is 0 Å². The Labute approximate surface area is 253 Å². The Morgan fingerprint density at radius 3 is 1.93 bits per heavy atom. The van der Waals surface area contributed by atoms with Gasteiger partial charge in [-0.05, 0) is 67.1 Å². The molecule has 0 fully saturated rings. The summed E-state index contributed by atoms with van der Waals surface area (Å²) in [5.41, 5.74) is 10.6. The number of nitrogen functional groups attached to an aromatic ring is 1. The minimum atomic E-state index is -0.703. The lowest BCUT2D eigenvalue weighted by molar-refractivity contribution is 0.0735. The van der Waals surface area contributed by atoms with Gasteiger partial charge in [-0.15, -0.1) is 0 Å². The van der Waals surface area contributed by atoms with Crippen molar-refractivity contribution >= 4 is 34.6 Å². The number of benzene rings is 4. The fourth-order valence-corrected chi connectivity index (χ4v) is 5.52. The molecular formula is C37H38N2O4. The number of aryl methyl sites for hydroxylation is 2. The number of esters is 1. The van der Waals surface area contributed by atoms with Crippen LogP contribution in [0.5, 0.6) is 5.75 Å². The first-order valence-electron chi connectivity index (χ1n) is 15.2. The first-order chi connectivity index (χ1) is 20.9.